The fraction of sp³-hybridized carbons (Fsp3) is 0.417. The SMILES string of the molecule is Cc1ccc(NC(=O)CN2CC(N)C2)cc1Cl. The van der Waals surface area contributed by atoms with Gasteiger partial charge in [-0.3, -0.25) is 9.69 Å². The van der Waals surface area contributed by atoms with Gasteiger partial charge in [-0.2, -0.15) is 0 Å². The summed E-state index contributed by atoms with van der Waals surface area (Å²) in [6.45, 7) is 3.90. The number of hydrogen-bond donors (Lipinski definition) is 2. The Hall–Kier alpha value is -1.10. The third kappa shape index (κ3) is 3.19. The molecule has 3 N–H and O–H groups in total. The monoisotopic (exact) mass is 253 g/mol. The van der Waals surface area contributed by atoms with Crippen molar-refractivity contribution in [3.63, 3.8) is 0 Å². The lowest BCUT2D eigenvalue weighted by Gasteiger charge is -2.36. The van der Waals surface area contributed by atoms with E-state index in [1.807, 2.05) is 24.0 Å². The molecule has 0 bridgehead atoms. The first-order chi connectivity index (χ1) is 8.04. The van der Waals surface area contributed by atoms with E-state index in [1.54, 1.807) is 6.07 Å². The molecule has 2 rings (SSSR count). The molecule has 17 heavy (non-hydrogen) atoms. The Balaban J connectivity index is 1.87. The van der Waals surface area contributed by atoms with Crippen molar-refractivity contribution in [2.45, 2.75) is 13.0 Å². The second-order valence-electron chi connectivity index (χ2n) is 4.47. The van der Waals surface area contributed by atoms with Crippen LogP contribution in [-0.4, -0.2) is 36.5 Å². The van der Waals surface area contributed by atoms with E-state index in [0.29, 0.717) is 11.6 Å². The van der Waals surface area contributed by atoms with Crippen LogP contribution in [0.2, 0.25) is 5.02 Å². The molecule has 0 spiro atoms. The maximum atomic E-state index is 11.7. The molecule has 1 saturated heterocycles. The van der Waals surface area contributed by atoms with E-state index < -0.39 is 0 Å². The summed E-state index contributed by atoms with van der Waals surface area (Å²) in [5.41, 5.74) is 7.37. The Bertz CT molecular complexity index is 430. The number of nitrogens with two attached hydrogens (primary N) is 1. The van der Waals surface area contributed by atoms with Crippen molar-refractivity contribution >= 4 is 23.2 Å². The van der Waals surface area contributed by atoms with E-state index >= 15 is 0 Å². The van der Waals surface area contributed by atoms with Crippen molar-refractivity contribution in [3.05, 3.63) is 28.8 Å². The largest absolute Gasteiger partial charge is 0.325 e. The smallest absolute Gasteiger partial charge is 0.238 e. The molecule has 4 nitrogen and oxygen atoms in total. The highest BCUT2D eigenvalue weighted by molar-refractivity contribution is 6.31. The number of benzene rings is 1. The molecule has 0 radical (unpaired) electrons. The normalized spacial score (nSPS) is 16.6. The van der Waals surface area contributed by atoms with Crippen LogP contribution in [0.1, 0.15) is 5.56 Å². The standard InChI is InChI=1S/C12H16ClN3O/c1-8-2-3-10(4-11(8)13)15-12(17)7-16-5-9(14)6-16/h2-4,9H,5-7,14H2,1H3,(H,15,17). The van der Waals surface area contributed by atoms with Crippen LogP contribution >= 0.6 is 11.6 Å². The van der Waals surface area contributed by atoms with Crippen molar-refractivity contribution < 1.29 is 4.79 Å². The van der Waals surface area contributed by atoms with Gasteiger partial charge < -0.3 is 11.1 Å². The molecule has 0 aromatic heterocycles. The topological polar surface area (TPSA) is 58.4 Å². The van der Waals surface area contributed by atoms with Crippen LogP contribution in [0, 0.1) is 6.92 Å². The second kappa shape index (κ2) is 5.04. The molecule has 1 fully saturated rings. The lowest BCUT2D eigenvalue weighted by atomic mass is 10.1. The third-order valence-electron chi connectivity index (χ3n) is 2.81. The van der Waals surface area contributed by atoms with Crippen LogP contribution < -0.4 is 11.1 Å². The summed E-state index contributed by atoms with van der Waals surface area (Å²) in [6, 6.07) is 5.71. The lowest BCUT2D eigenvalue weighted by molar-refractivity contribution is -0.118. The van der Waals surface area contributed by atoms with Crippen molar-refractivity contribution in [2.24, 2.45) is 5.73 Å². The molecule has 92 valence electrons. The van der Waals surface area contributed by atoms with Gasteiger partial charge in [-0.25, -0.2) is 0 Å². The lowest BCUT2D eigenvalue weighted by Crippen LogP contribution is -2.57. The van der Waals surface area contributed by atoms with Gasteiger partial charge in [0.15, 0.2) is 0 Å². The fourth-order valence-electron chi connectivity index (χ4n) is 1.81. The van der Waals surface area contributed by atoms with Gasteiger partial charge in [-0.1, -0.05) is 17.7 Å². The first kappa shape index (κ1) is 12.4. The van der Waals surface area contributed by atoms with Crippen LogP contribution in [0.25, 0.3) is 0 Å². The summed E-state index contributed by atoms with van der Waals surface area (Å²) in [6.07, 6.45) is 0. The zero-order valence-electron chi connectivity index (χ0n) is 9.74. The van der Waals surface area contributed by atoms with Crippen molar-refractivity contribution in [2.75, 3.05) is 25.0 Å². The minimum atomic E-state index is -0.0307. The van der Waals surface area contributed by atoms with E-state index in [9.17, 15) is 4.79 Å². The van der Waals surface area contributed by atoms with Gasteiger partial charge in [0.05, 0.1) is 6.54 Å². The number of carbonyl (C=O) groups is 1. The Morgan fingerprint density at radius 1 is 1.59 bits per heavy atom. The summed E-state index contributed by atoms with van der Waals surface area (Å²) in [4.78, 5) is 13.7. The van der Waals surface area contributed by atoms with Crippen LogP contribution in [0.4, 0.5) is 5.69 Å². The van der Waals surface area contributed by atoms with Gasteiger partial charge in [0.2, 0.25) is 5.91 Å². The summed E-state index contributed by atoms with van der Waals surface area (Å²) in [5, 5.41) is 3.48. The molecule has 1 aromatic carbocycles. The van der Waals surface area contributed by atoms with E-state index in [0.717, 1.165) is 24.3 Å². The zero-order chi connectivity index (χ0) is 12.4. The van der Waals surface area contributed by atoms with Crippen LogP contribution in [-0.2, 0) is 4.79 Å². The Labute approximate surface area is 106 Å². The average molecular weight is 254 g/mol. The Morgan fingerprint density at radius 3 is 2.88 bits per heavy atom. The second-order valence-corrected chi connectivity index (χ2v) is 4.87. The molecule has 1 heterocycles. The molecule has 0 unspecified atom stereocenters. The van der Waals surface area contributed by atoms with Gasteiger partial charge in [0, 0.05) is 29.8 Å². The Morgan fingerprint density at radius 2 is 2.29 bits per heavy atom. The number of nitrogens with zero attached hydrogens (tertiary/aromatic N) is 1. The van der Waals surface area contributed by atoms with Crippen molar-refractivity contribution in [1.29, 1.82) is 0 Å². The molecule has 1 aliphatic rings. The van der Waals surface area contributed by atoms with Crippen LogP contribution in [0.3, 0.4) is 0 Å². The van der Waals surface area contributed by atoms with Gasteiger partial charge in [-0.05, 0) is 24.6 Å². The molecule has 0 saturated carbocycles. The van der Waals surface area contributed by atoms with E-state index in [2.05, 4.69) is 5.32 Å². The maximum Gasteiger partial charge on any atom is 0.238 e. The zero-order valence-corrected chi connectivity index (χ0v) is 10.5. The highest BCUT2D eigenvalue weighted by Gasteiger charge is 2.24. The summed E-state index contributed by atoms with van der Waals surface area (Å²) in [5.74, 6) is -0.0307. The third-order valence-corrected chi connectivity index (χ3v) is 3.22. The summed E-state index contributed by atoms with van der Waals surface area (Å²) < 4.78 is 0. The van der Waals surface area contributed by atoms with E-state index in [-0.39, 0.29) is 11.9 Å². The number of nitrogens with one attached hydrogen (secondary N) is 1. The van der Waals surface area contributed by atoms with E-state index in [1.165, 1.54) is 0 Å². The summed E-state index contributed by atoms with van der Waals surface area (Å²) >= 11 is 5.98. The molecular weight excluding hydrogens is 238 g/mol. The Kier molecular flexibility index (Phi) is 3.66. The first-order valence-electron chi connectivity index (χ1n) is 5.58. The maximum absolute atomic E-state index is 11.7. The summed E-state index contributed by atoms with van der Waals surface area (Å²) in [7, 11) is 0. The number of anilines is 1. The van der Waals surface area contributed by atoms with Crippen LogP contribution in [0.5, 0.6) is 0 Å². The molecule has 1 aromatic rings. The quantitative estimate of drug-likeness (QED) is 0.852. The van der Waals surface area contributed by atoms with Gasteiger partial charge in [0.1, 0.15) is 0 Å². The average Bonchev–Trinajstić information content (AvgIpc) is 2.21. The van der Waals surface area contributed by atoms with Crippen molar-refractivity contribution in [3.8, 4) is 0 Å². The number of aryl methyl sites for hydroxylation is 1. The van der Waals surface area contributed by atoms with Gasteiger partial charge in [-0.15, -0.1) is 0 Å². The minimum Gasteiger partial charge on any atom is -0.325 e. The minimum absolute atomic E-state index is 0.0307. The van der Waals surface area contributed by atoms with Crippen LogP contribution in [0.15, 0.2) is 18.2 Å². The number of amides is 1. The first-order valence-corrected chi connectivity index (χ1v) is 5.96. The number of hydrogen-bond acceptors (Lipinski definition) is 3. The predicted octanol–water partition coefficient (Wildman–Crippen LogP) is 1.23. The number of carbonyl (C=O) groups excluding carboxylic acids is 1. The predicted molar refractivity (Wildman–Crippen MR) is 69.2 cm³/mol. The molecule has 5 heteroatoms. The van der Waals surface area contributed by atoms with E-state index in [4.69, 9.17) is 17.3 Å². The molecule has 1 aliphatic heterocycles. The number of rotatable bonds is 3. The highest BCUT2D eigenvalue weighted by atomic mass is 35.5. The molecular formula is C12H16ClN3O. The molecule has 1 amide bonds. The molecule has 0 aliphatic carbocycles. The fourth-order valence-corrected chi connectivity index (χ4v) is 1.99. The number of halogens is 1. The van der Waals surface area contributed by atoms with Gasteiger partial charge >= 0.3 is 0 Å². The van der Waals surface area contributed by atoms with Gasteiger partial charge in [0.25, 0.3) is 0 Å². The number of likely N-dealkylation sites (tertiary alicyclic amines) is 1. The molecule has 0 atom stereocenters. The highest BCUT2D eigenvalue weighted by Crippen LogP contribution is 2.20. The van der Waals surface area contributed by atoms with Crippen molar-refractivity contribution in [1.82, 2.24) is 4.90 Å².